The van der Waals surface area contributed by atoms with E-state index in [0.29, 0.717) is 5.92 Å². The van der Waals surface area contributed by atoms with Gasteiger partial charge in [0.05, 0.1) is 14.2 Å². The SMILES string of the molecule is COc1cccc(CN2C[C@@H](N)[C@H](c3ccccc3)C2)c1OC. The van der Waals surface area contributed by atoms with E-state index in [1.807, 2.05) is 18.2 Å². The molecule has 0 saturated carbocycles. The molecule has 0 aromatic heterocycles. The molecule has 1 aliphatic heterocycles. The minimum Gasteiger partial charge on any atom is -0.493 e. The third-order valence-corrected chi connectivity index (χ3v) is 4.55. The Hall–Kier alpha value is -2.04. The lowest BCUT2D eigenvalue weighted by molar-refractivity contribution is 0.307. The molecule has 23 heavy (non-hydrogen) atoms. The van der Waals surface area contributed by atoms with E-state index in [1.54, 1.807) is 14.2 Å². The summed E-state index contributed by atoms with van der Waals surface area (Å²) in [7, 11) is 3.35. The quantitative estimate of drug-likeness (QED) is 0.922. The van der Waals surface area contributed by atoms with Crippen molar-refractivity contribution >= 4 is 0 Å². The molecule has 4 heteroatoms. The molecule has 4 nitrogen and oxygen atoms in total. The molecule has 0 radical (unpaired) electrons. The third kappa shape index (κ3) is 3.33. The minimum absolute atomic E-state index is 0.161. The molecule has 2 aromatic rings. The van der Waals surface area contributed by atoms with Gasteiger partial charge in [-0.1, -0.05) is 42.5 Å². The maximum absolute atomic E-state index is 6.38. The first-order chi connectivity index (χ1) is 11.2. The molecule has 2 aromatic carbocycles. The van der Waals surface area contributed by atoms with E-state index in [1.165, 1.54) is 5.56 Å². The molecule has 1 saturated heterocycles. The van der Waals surface area contributed by atoms with Gasteiger partial charge in [0.1, 0.15) is 0 Å². The van der Waals surface area contributed by atoms with Crippen LogP contribution in [0.5, 0.6) is 11.5 Å². The van der Waals surface area contributed by atoms with Gasteiger partial charge in [0.15, 0.2) is 11.5 Å². The Morgan fingerprint density at radius 1 is 1.00 bits per heavy atom. The summed E-state index contributed by atoms with van der Waals surface area (Å²) in [5, 5.41) is 0. The van der Waals surface area contributed by atoms with E-state index in [4.69, 9.17) is 15.2 Å². The molecule has 0 amide bonds. The van der Waals surface area contributed by atoms with Gasteiger partial charge in [0, 0.05) is 37.2 Å². The molecular weight excluding hydrogens is 288 g/mol. The number of para-hydroxylation sites is 1. The first-order valence-electron chi connectivity index (χ1n) is 7.95. The highest BCUT2D eigenvalue weighted by Gasteiger charge is 2.31. The number of hydrogen-bond donors (Lipinski definition) is 1. The summed E-state index contributed by atoms with van der Waals surface area (Å²) in [4.78, 5) is 2.39. The second-order valence-corrected chi connectivity index (χ2v) is 6.03. The minimum atomic E-state index is 0.161. The lowest BCUT2D eigenvalue weighted by atomic mass is 9.95. The predicted octanol–water partition coefficient (Wildman–Crippen LogP) is 2.63. The molecule has 0 aliphatic carbocycles. The fraction of sp³-hybridized carbons (Fsp3) is 0.368. The average Bonchev–Trinajstić information content (AvgIpc) is 2.95. The number of nitrogens with two attached hydrogens (primary N) is 1. The number of hydrogen-bond acceptors (Lipinski definition) is 4. The highest BCUT2D eigenvalue weighted by molar-refractivity contribution is 5.46. The van der Waals surface area contributed by atoms with Crippen LogP contribution in [0.1, 0.15) is 17.0 Å². The van der Waals surface area contributed by atoms with E-state index in [0.717, 1.165) is 36.7 Å². The zero-order chi connectivity index (χ0) is 16.2. The molecule has 2 atom stereocenters. The van der Waals surface area contributed by atoms with Gasteiger partial charge in [-0.15, -0.1) is 0 Å². The van der Waals surface area contributed by atoms with Crippen LogP contribution < -0.4 is 15.2 Å². The van der Waals surface area contributed by atoms with Gasteiger partial charge in [0.2, 0.25) is 0 Å². The van der Waals surface area contributed by atoms with E-state index in [-0.39, 0.29) is 6.04 Å². The Labute approximate surface area is 137 Å². The molecule has 122 valence electrons. The van der Waals surface area contributed by atoms with Crippen LogP contribution in [0.3, 0.4) is 0 Å². The van der Waals surface area contributed by atoms with Gasteiger partial charge < -0.3 is 15.2 Å². The lowest BCUT2D eigenvalue weighted by Gasteiger charge is -2.19. The molecule has 3 rings (SSSR count). The summed E-state index contributed by atoms with van der Waals surface area (Å²) in [6, 6.07) is 16.7. The van der Waals surface area contributed by atoms with Crippen LogP contribution in [-0.2, 0) is 6.54 Å². The summed E-state index contributed by atoms with van der Waals surface area (Å²) < 4.78 is 10.9. The molecule has 1 fully saturated rings. The lowest BCUT2D eigenvalue weighted by Crippen LogP contribution is -2.28. The van der Waals surface area contributed by atoms with E-state index < -0.39 is 0 Å². The third-order valence-electron chi connectivity index (χ3n) is 4.55. The van der Waals surface area contributed by atoms with Crippen molar-refractivity contribution in [2.45, 2.75) is 18.5 Å². The van der Waals surface area contributed by atoms with Crippen molar-refractivity contribution in [1.82, 2.24) is 4.90 Å². The number of nitrogens with zero attached hydrogens (tertiary/aromatic N) is 1. The number of ether oxygens (including phenoxy) is 2. The van der Waals surface area contributed by atoms with Gasteiger partial charge in [-0.05, 0) is 11.6 Å². The second kappa shape index (κ2) is 7.02. The summed E-state index contributed by atoms with van der Waals surface area (Å²) in [5.74, 6) is 1.97. The maximum atomic E-state index is 6.38. The van der Waals surface area contributed by atoms with Gasteiger partial charge in [-0.3, -0.25) is 4.90 Å². The number of benzene rings is 2. The topological polar surface area (TPSA) is 47.7 Å². The van der Waals surface area contributed by atoms with Crippen LogP contribution in [0.25, 0.3) is 0 Å². The average molecular weight is 312 g/mol. The summed E-state index contributed by atoms with van der Waals surface area (Å²) in [6.45, 7) is 2.67. The normalized spacial score (nSPS) is 21.3. The van der Waals surface area contributed by atoms with Crippen molar-refractivity contribution in [3.8, 4) is 11.5 Å². The van der Waals surface area contributed by atoms with Crippen LogP contribution in [-0.4, -0.2) is 38.3 Å². The van der Waals surface area contributed by atoms with Crippen LogP contribution in [0.4, 0.5) is 0 Å². The van der Waals surface area contributed by atoms with Crippen LogP contribution in [0, 0.1) is 0 Å². The fourth-order valence-corrected chi connectivity index (χ4v) is 3.41. The van der Waals surface area contributed by atoms with Crippen molar-refractivity contribution in [3.05, 3.63) is 59.7 Å². The van der Waals surface area contributed by atoms with E-state index in [2.05, 4.69) is 35.2 Å². The summed E-state index contributed by atoms with van der Waals surface area (Å²) in [5.41, 5.74) is 8.84. The molecule has 0 unspecified atom stereocenters. The van der Waals surface area contributed by atoms with E-state index >= 15 is 0 Å². The molecule has 2 N–H and O–H groups in total. The number of likely N-dealkylation sites (tertiary alicyclic amines) is 1. The predicted molar refractivity (Wildman–Crippen MR) is 92.0 cm³/mol. The molecule has 1 heterocycles. The van der Waals surface area contributed by atoms with Crippen LogP contribution in [0.2, 0.25) is 0 Å². The van der Waals surface area contributed by atoms with Crippen molar-refractivity contribution in [2.75, 3.05) is 27.3 Å². The molecule has 0 bridgehead atoms. The molecular formula is C19H24N2O2. The van der Waals surface area contributed by atoms with Gasteiger partial charge in [-0.25, -0.2) is 0 Å². The van der Waals surface area contributed by atoms with Gasteiger partial charge in [0.25, 0.3) is 0 Å². The zero-order valence-corrected chi connectivity index (χ0v) is 13.7. The Morgan fingerprint density at radius 2 is 1.78 bits per heavy atom. The Balaban J connectivity index is 1.75. The van der Waals surface area contributed by atoms with Gasteiger partial charge in [-0.2, -0.15) is 0 Å². The Kier molecular flexibility index (Phi) is 4.84. The highest BCUT2D eigenvalue weighted by Crippen LogP contribution is 2.33. The van der Waals surface area contributed by atoms with Crippen molar-refractivity contribution in [3.63, 3.8) is 0 Å². The second-order valence-electron chi connectivity index (χ2n) is 6.03. The smallest absolute Gasteiger partial charge is 0.165 e. The highest BCUT2D eigenvalue weighted by atomic mass is 16.5. The number of methoxy groups -OCH3 is 2. The van der Waals surface area contributed by atoms with E-state index in [9.17, 15) is 0 Å². The summed E-state index contributed by atoms with van der Waals surface area (Å²) in [6.07, 6.45) is 0. The first-order valence-corrected chi connectivity index (χ1v) is 7.95. The van der Waals surface area contributed by atoms with Gasteiger partial charge >= 0.3 is 0 Å². The molecule has 1 aliphatic rings. The van der Waals surface area contributed by atoms with Crippen molar-refractivity contribution < 1.29 is 9.47 Å². The van der Waals surface area contributed by atoms with Crippen molar-refractivity contribution in [2.24, 2.45) is 5.73 Å². The van der Waals surface area contributed by atoms with Crippen LogP contribution in [0.15, 0.2) is 48.5 Å². The molecule has 0 spiro atoms. The number of rotatable bonds is 5. The maximum Gasteiger partial charge on any atom is 0.165 e. The fourth-order valence-electron chi connectivity index (χ4n) is 3.41. The largest absolute Gasteiger partial charge is 0.493 e. The Morgan fingerprint density at radius 3 is 2.48 bits per heavy atom. The van der Waals surface area contributed by atoms with Crippen LogP contribution >= 0.6 is 0 Å². The summed E-state index contributed by atoms with van der Waals surface area (Å²) >= 11 is 0. The standard InChI is InChI=1S/C19H24N2O2/c1-22-18-10-6-9-15(19(18)23-2)11-21-12-16(17(20)13-21)14-7-4-3-5-8-14/h3-10,16-17H,11-13,20H2,1-2H3/t16-,17+/m0/s1. The van der Waals surface area contributed by atoms with Crippen molar-refractivity contribution in [1.29, 1.82) is 0 Å². The first kappa shape index (κ1) is 15.8. The monoisotopic (exact) mass is 312 g/mol. The Bertz CT molecular complexity index is 645. The zero-order valence-electron chi connectivity index (χ0n) is 13.7.